The van der Waals surface area contributed by atoms with Crippen LogP contribution in [-0.4, -0.2) is 22.0 Å². The molecule has 1 aromatic heterocycles. The summed E-state index contributed by atoms with van der Waals surface area (Å²) in [5.74, 6) is 0. The molecule has 3 nitrogen and oxygen atoms in total. The fourth-order valence-corrected chi connectivity index (χ4v) is 2.21. The number of aryl methyl sites for hydroxylation is 1. The zero-order valence-electron chi connectivity index (χ0n) is 10.6. The van der Waals surface area contributed by atoms with Gasteiger partial charge in [0.05, 0.1) is 12.2 Å². The molecule has 1 saturated heterocycles. The summed E-state index contributed by atoms with van der Waals surface area (Å²) in [6.45, 7) is 1.71. The van der Waals surface area contributed by atoms with E-state index in [-0.39, 0.29) is 29.7 Å². The predicted octanol–water partition coefficient (Wildman–Crippen LogP) is 3.18. The average Bonchev–Trinajstić information content (AvgIpc) is 2.81. The number of hydrogen-bond acceptors (Lipinski definition) is 2. The summed E-state index contributed by atoms with van der Waals surface area (Å²) in [6, 6.07) is 0. The molecular weight excluding hydrogens is 290 g/mol. The van der Waals surface area contributed by atoms with Crippen LogP contribution in [0.1, 0.15) is 30.3 Å². The standard InChI is InChI=1S/C11H12F6N2O/c1-5-7(20-5)4-3-6-8(10(12,13)14)18-19(2)9(6)11(15,16)17/h5,7H,3-4H2,1-2H3. The lowest BCUT2D eigenvalue weighted by Gasteiger charge is -2.11. The summed E-state index contributed by atoms with van der Waals surface area (Å²) in [6.07, 6.45) is -10.4. The number of halogens is 6. The number of aromatic nitrogens is 2. The van der Waals surface area contributed by atoms with Gasteiger partial charge in [-0.3, -0.25) is 4.68 Å². The Bertz CT molecular complexity index is 504. The normalized spacial score (nSPS) is 23.2. The maximum Gasteiger partial charge on any atom is 0.435 e. The highest BCUT2D eigenvalue weighted by Crippen LogP contribution is 2.40. The van der Waals surface area contributed by atoms with Gasteiger partial charge in [0.2, 0.25) is 0 Å². The van der Waals surface area contributed by atoms with E-state index in [1.807, 2.05) is 0 Å². The molecule has 0 N–H and O–H groups in total. The van der Waals surface area contributed by atoms with Crippen LogP contribution in [0.3, 0.4) is 0 Å². The van der Waals surface area contributed by atoms with Crippen molar-refractivity contribution in [3.63, 3.8) is 0 Å². The van der Waals surface area contributed by atoms with Gasteiger partial charge < -0.3 is 4.74 Å². The molecule has 1 aliphatic heterocycles. The number of rotatable bonds is 3. The lowest BCUT2D eigenvalue weighted by Crippen LogP contribution is -2.15. The fraction of sp³-hybridized carbons (Fsp3) is 0.727. The zero-order valence-corrected chi connectivity index (χ0v) is 10.6. The highest BCUT2D eigenvalue weighted by Gasteiger charge is 2.46. The Morgan fingerprint density at radius 3 is 2.10 bits per heavy atom. The first-order valence-electron chi connectivity index (χ1n) is 5.87. The SMILES string of the molecule is CC1OC1CCc1c(C(F)(F)F)nn(C)c1C(F)(F)F. The second kappa shape index (κ2) is 4.64. The third-order valence-corrected chi connectivity index (χ3v) is 3.20. The third-order valence-electron chi connectivity index (χ3n) is 3.20. The van der Waals surface area contributed by atoms with Gasteiger partial charge in [-0.2, -0.15) is 31.4 Å². The van der Waals surface area contributed by atoms with Crippen molar-refractivity contribution in [1.29, 1.82) is 0 Å². The Morgan fingerprint density at radius 2 is 1.70 bits per heavy atom. The minimum Gasteiger partial charge on any atom is -0.370 e. The van der Waals surface area contributed by atoms with Crippen LogP contribution in [0.4, 0.5) is 26.3 Å². The molecule has 0 radical (unpaired) electrons. The van der Waals surface area contributed by atoms with Crippen LogP contribution in [0.5, 0.6) is 0 Å². The van der Waals surface area contributed by atoms with E-state index in [0.717, 1.165) is 7.05 Å². The van der Waals surface area contributed by atoms with Crippen LogP contribution in [0.15, 0.2) is 0 Å². The monoisotopic (exact) mass is 302 g/mol. The molecule has 0 aliphatic carbocycles. The van der Waals surface area contributed by atoms with Gasteiger partial charge in [0.15, 0.2) is 5.69 Å². The molecule has 2 atom stereocenters. The lowest BCUT2D eigenvalue weighted by molar-refractivity contribution is -0.145. The summed E-state index contributed by atoms with van der Waals surface area (Å²) >= 11 is 0. The molecule has 1 fully saturated rings. The minimum atomic E-state index is -4.91. The molecule has 20 heavy (non-hydrogen) atoms. The summed E-state index contributed by atoms with van der Waals surface area (Å²) < 4.78 is 82.2. The first-order chi connectivity index (χ1) is 9.01. The van der Waals surface area contributed by atoms with Gasteiger partial charge in [0.25, 0.3) is 0 Å². The van der Waals surface area contributed by atoms with Crippen molar-refractivity contribution in [3.8, 4) is 0 Å². The first kappa shape index (κ1) is 15.1. The van der Waals surface area contributed by atoms with Crippen LogP contribution in [0.25, 0.3) is 0 Å². The van der Waals surface area contributed by atoms with E-state index < -0.39 is 29.3 Å². The van der Waals surface area contributed by atoms with Gasteiger partial charge in [0.1, 0.15) is 5.69 Å². The van der Waals surface area contributed by atoms with Gasteiger partial charge in [-0.25, -0.2) is 0 Å². The molecule has 0 aromatic carbocycles. The Labute approximate surface area is 110 Å². The van der Waals surface area contributed by atoms with Crippen LogP contribution < -0.4 is 0 Å². The number of nitrogens with zero attached hydrogens (tertiary/aromatic N) is 2. The molecule has 2 heterocycles. The molecule has 2 unspecified atom stereocenters. The second-order valence-corrected chi connectivity index (χ2v) is 4.71. The molecule has 1 aromatic rings. The summed E-state index contributed by atoms with van der Waals surface area (Å²) in [5, 5.41) is 3.00. The van der Waals surface area contributed by atoms with Gasteiger partial charge in [-0.05, 0) is 19.8 Å². The van der Waals surface area contributed by atoms with E-state index >= 15 is 0 Å². The molecule has 2 rings (SSSR count). The third kappa shape index (κ3) is 2.92. The Hall–Kier alpha value is -1.25. The summed E-state index contributed by atoms with van der Waals surface area (Å²) in [5.41, 5.74) is -3.63. The van der Waals surface area contributed by atoms with Crippen LogP contribution in [0, 0.1) is 0 Å². The number of alkyl halides is 6. The maximum absolute atomic E-state index is 12.9. The number of hydrogen-bond donors (Lipinski definition) is 0. The van der Waals surface area contributed by atoms with Gasteiger partial charge in [-0.1, -0.05) is 0 Å². The van der Waals surface area contributed by atoms with E-state index in [1.165, 1.54) is 0 Å². The molecule has 114 valence electrons. The number of ether oxygens (including phenoxy) is 1. The summed E-state index contributed by atoms with van der Waals surface area (Å²) in [4.78, 5) is 0. The highest BCUT2D eigenvalue weighted by molar-refractivity contribution is 5.31. The topological polar surface area (TPSA) is 30.4 Å². The van der Waals surface area contributed by atoms with Gasteiger partial charge >= 0.3 is 12.4 Å². The average molecular weight is 302 g/mol. The predicted molar refractivity (Wildman–Crippen MR) is 55.9 cm³/mol. The fourth-order valence-electron chi connectivity index (χ4n) is 2.21. The molecular formula is C11H12F6N2O. The van der Waals surface area contributed by atoms with Crippen molar-refractivity contribution < 1.29 is 31.1 Å². The Balaban J connectivity index is 2.37. The smallest absolute Gasteiger partial charge is 0.370 e. The van der Waals surface area contributed by atoms with E-state index in [4.69, 9.17) is 4.74 Å². The van der Waals surface area contributed by atoms with Crippen molar-refractivity contribution in [2.75, 3.05) is 0 Å². The van der Waals surface area contributed by atoms with Gasteiger partial charge in [-0.15, -0.1) is 0 Å². The highest BCUT2D eigenvalue weighted by atomic mass is 19.4. The molecule has 0 saturated carbocycles. The van der Waals surface area contributed by atoms with E-state index in [9.17, 15) is 26.3 Å². The molecule has 0 bridgehead atoms. The van der Waals surface area contributed by atoms with Crippen molar-refractivity contribution in [2.45, 2.75) is 44.3 Å². The molecule has 0 spiro atoms. The van der Waals surface area contributed by atoms with Crippen LogP contribution in [-0.2, 0) is 30.6 Å². The van der Waals surface area contributed by atoms with Gasteiger partial charge in [0, 0.05) is 12.6 Å². The van der Waals surface area contributed by atoms with Crippen molar-refractivity contribution in [1.82, 2.24) is 9.78 Å². The molecule has 0 amide bonds. The molecule has 9 heteroatoms. The largest absolute Gasteiger partial charge is 0.435 e. The van der Waals surface area contributed by atoms with Crippen LogP contribution in [0.2, 0.25) is 0 Å². The lowest BCUT2D eigenvalue weighted by atomic mass is 10.0. The Kier molecular flexibility index (Phi) is 3.52. The van der Waals surface area contributed by atoms with E-state index in [2.05, 4.69) is 5.10 Å². The zero-order chi connectivity index (χ0) is 15.3. The van der Waals surface area contributed by atoms with Crippen molar-refractivity contribution >= 4 is 0 Å². The Morgan fingerprint density at radius 1 is 1.15 bits per heavy atom. The second-order valence-electron chi connectivity index (χ2n) is 4.71. The van der Waals surface area contributed by atoms with E-state index in [0.29, 0.717) is 0 Å². The van der Waals surface area contributed by atoms with E-state index in [1.54, 1.807) is 6.92 Å². The number of epoxide rings is 1. The first-order valence-corrected chi connectivity index (χ1v) is 5.87. The minimum absolute atomic E-state index is 0.110. The van der Waals surface area contributed by atoms with Crippen molar-refractivity contribution in [3.05, 3.63) is 17.0 Å². The molecule has 1 aliphatic rings. The summed E-state index contributed by atoms with van der Waals surface area (Å²) in [7, 11) is 0.859. The van der Waals surface area contributed by atoms with Crippen LogP contribution >= 0.6 is 0 Å². The maximum atomic E-state index is 12.9. The quantitative estimate of drug-likeness (QED) is 0.634. The van der Waals surface area contributed by atoms with Crippen molar-refractivity contribution in [2.24, 2.45) is 7.05 Å².